The van der Waals surface area contributed by atoms with Crippen molar-refractivity contribution in [3.63, 3.8) is 0 Å². The third-order valence-electron chi connectivity index (χ3n) is 2.26. The van der Waals surface area contributed by atoms with Gasteiger partial charge in [0.1, 0.15) is 0 Å². The van der Waals surface area contributed by atoms with Crippen molar-refractivity contribution in [3.05, 3.63) is 12.2 Å². The first-order valence-corrected chi connectivity index (χ1v) is 5.07. The summed E-state index contributed by atoms with van der Waals surface area (Å²) in [6.45, 7) is 1.55. The first-order chi connectivity index (χ1) is 7.34. The van der Waals surface area contributed by atoms with Crippen LogP contribution in [0.1, 0.15) is 18.7 Å². The molecule has 0 bridgehead atoms. The van der Waals surface area contributed by atoms with Crippen molar-refractivity contribution >= 4 is 5.91 Å². The number of carbonyl (C=O) groups is 1. The van der Waals surface area contributed by atoms with E-state index in [0.717, 1.165) is 6.54 Å². The Morgan fingerprint density at radius 2 is 2.47 bits per heavy atom. The molecular formula is C9H14N4O2. The van der Waals surface area contributed by atoms with E-state index in [9.17, 15) is 4.79 Å². The van der Waals surface area contributed by atoms with Crippen LogP contribution in [-0.2, 0) is 11.3 Å². The molecule has 1 fully saturated rings. The summed E-state index contributed by atoms with van der Waals surface area (Å²) in [5.74, 6) is 1.29. The molecule has 1 aromatic rings. The molecule has 82 valence electrons. The molecule has 1 aliphatic carbocycles. The van der Waals surface area contributed by atoms with Gasteiger partial charge in [-0.1, -0.05) is 5.16 Å². The molecule has 1 aliphatic rings. The highest BCUT2D eigenvalue weighted by molar-refractivity contribution is 5.77. The molecule has 0 aromatic carbocycles. The molecule has 2 rings (SSSR count). The van der Waals surface area contributed by atoms with Gasteiger partial charge in [0, 0.05) is 6.54 Å². The Hall–Kier alpha value is -1.43. The molecule has 0 saturated heterocycles. The molecule has 0 atom stereocenters. The lowest BCUT2D eigenvalue weighted by Gasteiger charge is -2.03. The summed E-state index contributed by atoms with van der Waals surface area (Å²) in [5.41, 5.74) is 0. The van der Waals surface area contributed by atoms with E-state index in [0.29, 0.717) is 24.8 Å². The highest BCUT2D eigenvalue weighted by Gasteiger charge is 2.21. The average Bonchev–Trinajstić information content (AvgIpc) is 2.92. The summed E-state index contributed by atoms with van der Waals surface area (Å²) >= 11 is 0. The van der Waals surface area contributed by atoms with Gasteiger partial charge in [-0.25, -0.2) is 0 Å². The zero-order chi connectivity index (χ0) is 10.5. The number of aromatic nitrogens is 2. The Kier molecular flexibility index (Phi) is 3.29. The Morgan fingerprint density at radius 1 is 1.60 bits per heavy atom. The van der Waals surface area contributed by atoms with Gasteiger partial charge in [0.15, 0.2) is 5.82 Å². The van der Waals surface area contributed by atoms with E-state index in [1.165, 1.54) is 19.2 Å². The predicted octanol–water partition coefficient (Wildman–Crippen LogP) is -0.315. The second kappa shape index (κ2) is 4.88. The van der Waals surface area contributed by atoms with E-state index in [1.54, 1.807) is 0 Å². The van der Waals surface area contributed by atoms with Gasteiger partial charge in [0.2, 0.25) is 12.3 Å². The average molecular weight is 210 g/mol. The van der Waals surface area contributed by atoms with Gasteiger partial charge in [0.05, 0.1) is 13.1 Å². The van der Waals surface area contributed by atoms with Gasteiger partial charge in [-0.15, -0.1) is 0 Å². The van der Waals surface area contributed by atoms with Crippen molar-refractivity contribution in [2.75, 3.05) is 13.1 Å². The second-order valence-electron chi connectivity index (χ2n) is 3.70. The number of nitrogens with zero attached hydrogens (tertiary/aromatic N) is 2. The van der Waals surface area contributed by atoms with Crippen molar-refractivity contribution in [2.24, 2.45) is 5.92 Å². The van der Waals surface area contributed by atoms with E-state index < -0.39 is 0 Å². The summed E-state index contributed by atoms with van der Waals surface area (Å²) in [4.78, 5) is 15.1. The lowest BCUT2D eigenvalue weighted by atomic mass is 10.4. The standard InChI is InChI=1S/C9H14N4O2/c14-9(11-3-7-1-2-7)5-10-4-8-12-6-15-13-8/h6-7,10H,1-5H2,(H,11,14). The molecule has 0 spiro atoms. The lowest BCUT2D eigenvalue weighted by Crippen LogP contribution is -2.34. The van der Waals surface area contributed by atoms with Crippen LogP contribution in [-0.4, -0.2) is 29.1 Å². The van der Waals surface area contributed by atoms with Crippen molar-refractivity contribution in [2.45, 2.75) is 19.4 Å². The van der Waals surface area contributed by atoms with Crippen molar-refractivity contribution in [1.29, 1.82) is 0 Å². The topological polar surface area (TPSA) is 80.1 Å². The maximum atomic E-state index is 11.3. The first-order valence-electron chi connectivity index (χ1n) is 5.07. The number of amides is 1. The van der Waals surface area contributed by atoms with Crippen LogP contribution < -0.4 is 10.6 Å². The van der Waals surface area contributed by atoms with Crippen LogP contribution in [0, 0.1) is 5.92 Å². The smallest absolute Gasteiger partial charge is 0.233 e. The molecule has 1 heterocycles. The van der Waals surface area contributed by atoms with Gasteiger partial charge < -0.3 is 15.2 Å². The van der Waals surface area contributed by atoms with E-state index in [-0.39, 0.29) is 5.91 Å². The molecule has 1 amide bonds. The Labute approximate surface area is 87.4 Å². The van der Waals surface area contributed by atoms with Crippen LogP contribution in [0.2, 0.25) is 0 Å². The summed E-state index contributed by atoms with van der Waals surface area (Å²) < 4.78 is 4.56. The predicted molar refractivity (Wildman–Crippen MR) is 51.7 cm³/mol. The number of carbonyl (C=O) groups excluding carboxylic acids is 1. The molecule has 0 aliphatic heterocycles. The van der Waals surface area contributed by atoms with E-state index in [2.05, 4.69) is 25.3 Å². The largest absolute Gasteiger partial charge is 0.355 e. The summed E-state index contributed by atoms with van der Waals surface area (Å²) in [6, 6.07) is 0. The normalized spacial score (nSPS) is 15.2. The SMILES string of the molecule is O=C(CNCc1ncon1)NCC1CC1. The third kappa shape index (κ3) is 3.67. The fraction of sp³-hybridized carbons (Fsp3) is 0.667. The molecule has 0 unspecified atom stereocenters. The van der Waals surface area contributed by atoms with Crippen LogP contribution in [0.25, 0.3) is 0 Å². The first kappa shape index (κ1) is 10.1. The second-order valence-corrected chi connectivity index (χ2v) is 3.70. The van der Waals surface area contributed by atoms with Gasteiger partial charge in [0.25, 0.3) is 0 Å². The number of hydrogen-bond acceptors (Lipinski definition) is 5. The number of hydrogen-bond donors (Lipinski definition) is 2. The lowest BCUT2D eigenvalue weighted by molar-refractivity contribution is -0.120. The minimum atomic E-state index is 0.0189. The van der Waals surface area contributed by atoms with Crippen LogP contribution in [0.3, 0.4) is 0 Å². The van der Waals surface area contributed by atoms with Gasteiger partial charge in [-0.3, -0.25) is 4.79 Å². The highest BCUT2D eigenvalue weighted by atomic mass is 16.5. The number of nitrogens with one attached hydrogen (secondary N) is 2. The van der Waals surface area contributed by atoms with Crippen LogP contribution in [0.5, 0.6) is 0 Å². The maximum absolute atomic E-state index is 11.3. The minimum Gasteiger partial charge on any atom is -0.355 e. The molecule has 6 nitrogen and oxygen atoms in total. The van der Waals surface area contributed by atoms with Gasteiger partial charge >= 0.3 is 0 Å². The van der Waals surface area contributed by atoms with E-state index in [1.807, 2.05) is 0 Å². The summed E-state index contributed by atoms with van der Waals surface area (Å²) in [5, 5.41) is 9.41. The molecule has 1 aromatic heterocycles. The van der Waals surface area contributed by atoms with Crippen LogP contribution in [0.4, 0.5) is 0 Å². The Bertz CT molecular complexity index is 308. The molecule has 15 heavy (non-hydrogen) atoms. The molecule has 2 N–H and O–H groups in total. The van der Waals surface area contributed by atoms with Crippen molar-refractivity contribution < 1.29 is 9.32 Å². The summed E-state index contributed by atoms with van der Waals surface area (Å²) in [7, 11) is 0. The molecular weight excluding hydrogens is 196 g/mol. The third-order valence-corrected chi connectivity index (χ3v) is 2.26. The Morgan fingerprint density at radius 3 is 3.13 bits per heavy atom. The zero-order valence-corrected chi connectivity index (χ0v) is 8.40. The minimum absolute atomic E-state index is 0.0189. The van der Waals surface area contributed by atoms with Crippen LogP contribution >= 0.6 is 0 Å². The highest BCUT2D eigenvalue weighted by Crippen LogP contribution is 2.27. The maximum Gasteiger partial charge on any atom is 0.233 e. The van der Waals surface area contributed by atoms with Crippen LogP contribution in [0.15, 0.2) is 10.9 Å². The fourth-order valence-electron chi connectivity index (χ4n) is 1.20. The van der Waals surface area contributed by atoms with Gasteiger partial charge in [-0.05, 0) is 18.8 Å². The van der Waals surface area contributed by atoms with Crippen molar-refractivity contribution in [3.8, 4) is 0 Å². The summed E-state index contributed by atoms with van der Waals surface area (Å²) in [6.07, 6.45) is 3.76. The number of rotatable bonds is 6. The molecule has 1 saturated carbocycles. The molecule has 6 heteroatoms. The monoisotopic (exact) mass is 210 g/mol. The van der Waals surface area contributed by atoms with E-state index >= 15 is 0 Å². The quantitative estimate of drug-likeness (QED) is 0.673. The molecule has 0 radical (unpaired) electrons. The fourth-order valence-corrected chi connectivity index (χ4v) is 1.20. The Balaban J connectivity index is 1.54. The van der Waals surface area contributed by atoms with E-state index in [4.69, 9.17) is 0 Å². The van der Waals surface area contributed by atoms with Crippen molar-refractivity contribution in [1.82, 2.24) is 20.8 Å². The zero-order valence-electron chi connectivity index (χ0n) is 8.40. The van der Waals surface area contributed by atoms with Gasteiger partial charge in [-0.2, -0.15) is 4.98 Å².